The van der Waals surface area contributed by atoms with Crippen LogP contribution in [-0.4, -0.2) is 23.2 Å². The Morgan fingerprint density at radius 1 is 1.14 bits per heavy atom. The zero-order valence-corrected chi connectivity index (χ0v) is 12.7. The number of fused-ring (bicyclic) bond motifs is 1. The maximum absolute atomic E-state index is 12.7. The summed E-state index contributed by atoms with van der Waals surface area (Å²) in [6.45, 7) is 4.07. The number of nitrogens with zero attached hydrogens (tertiary/aromatic N) is 1. The van der Waals surface area contributed by atoms with E-state index in [1.54, 1.807) is 36.9 Å². The third-order valence-electron chi connectivity index (χ3n) is 3.83. The first-order valence-electron chi connectivity index (χ1n) is 7.35. The van der Waals surface area contributed by atoms with E-state index in [1.807, 2.05) is 30.3 Å². The molecule has 114 valence electrons. The number of hydrogen-bond acceptors (Lipinski definition) is 3. The molecule has 4 nitrogen and oxygen atoms in total. The number of rotatable bonds is 3. The number of aromatic hydroxyl groups is 1. The van der Waals surface area contributed by atoms with Gasteiger partial charge in [0.25, 0.3) is 5.91 Å². The van der Waals surface area contributed by atoms with Crippen molar-refractivity contribution in [2.45, 2.75) is 25.9 Å². The minimum atomic E-state index is -0.933. The van der Waals surface area contributed by atoms with Crippen LogP contribution in [0.15, 0.2) is 48.5 Å². The van der Waals surface area contributed by atoms with Gasteiger partial charge < -0.3 is 14.7 Å². The number of benzene rings is 2. The van der Waals surface area contributed by atoms with Gasteiger partial charge in [-0.15, -0.1) is 0 Å². The number of hydrogen-bond donors (Lipinski definition) is 1. The van der Waals surface area contributed by atoms with Crippen molar-refractivity contribution in [2.75, 3.05) is 11.4 Å². The minimum Gasteiger partial charge on any atom is -0.508 e. The molecule has 0 aliphatic carbocycles. The molecule has 1 aliphatic rings. The summed E-state index contributed by atoms with van der Waals surface area (Å²) in [5, 5.41) is 9.64. The Hall–Kier alpha value is -2.49. The lowest BCUT2D eigenvalue weighted by Gasteiger charge is -2.38. The monoisotopic (exact) mass is 297 g/mol. The van der Waals surface area contributed by atoms with Gasteiger partial charge in [-0.3, -0.25) is 4.79 Å². The Morgan fingerprint density at radius 2 is 1.86 bits per heavy atom. The molecule has 22 heavy (non-hydrogen) atoms. The maximum atomic E-state index is 12.7. The fourth-order valence-corrected chi connectivity index (χ4v) is 2.67. The third-order valence-corrected chi connectivity index (χ3v) is 3.83. The molecule has 2 aromatic rings. The Morgan fingerprint density at radius 3 is 2.59 bits per heavy atom. The highest BCUT2D eigenvalue weighted by atomic mass is 16.5. The van der Waals surface area contributed by atoms with Crippen LogP contribution in [0.2, 0.25) is 0 Å². The van der Waals surface area contributed by atoms with Gasteiger partial charge in [0.05, 0.1) is 5.69 Å². The van der Waals surface area contributed by atoms with Crippen LogP contribution in [0.5, 0.6) is 11.5 Å². The molecule has 0 spiro atoms. The van der Waals surface area contributed by atoms with Crippen molar-refractivity contribution in [3.8, 4) is 11.5 Å². The standard InChI is InChI=1S/C18H19NO3/c1-18(2)17(21)19(11-10-13-6-4-3-5-7-13)15-9-8-14(20)12-16(15)22-18/h3-9,12,20H,10-11H2,1-2H3. The lowest BCUT2D eigenvalue weighted by molar-refractivity contribution is -0.132. The summed E-state index contributed by atoms with van der Waals surface area (Å²) in [7, 11) is 0. The number of amides is 1. The SMILES string of the molecule is CC1(C)Oc2cc(O)ccc2N(CCc2ccccc2)C1=O. The van der Waals surface area contributed by atoms with Crippen molar-refractivity contribution in [1.29, 1.82) is 0 Å². The summed E-state index contributed by atoms with van der Waals surface area (Å²) in [6.07, 6.45) is 0.767. The smallest absolute Gasteiger partial charge is 0.270 e. The van der Waals surface area contributed by atoms with E-state index in [-0.39, 0.29) is 11.7 Å². The lowest BCUT2D eigenvalue weighted by Crippen LogP contribution is -2.53. The molecule has 0 atom stereocenters. The van der Waals surface area contributed by atoms with E-state index in [2.05, 4.69) is 0 Å². The molecular weight excluding hydrogens is 278 g/mol. The Bertz CT molecular complexity index is 695. The molecule has 1 heterocycles. The summed E-state index contributed by atoms with van der Waals surface area (Å²) < 4.78 is 5.74. The summed E-state index contributed by atoms with van der Waals surface area (Å²) >= 11 is 0. The van der Waals surface area contributed by atoms with Gasteiger partial charge in [0.15, 0.2) is 5.60 Å². The van der Waals surface area contributed by atoms with Crippen molar-refractivity contribution in [3.63, 3.8) is 0 Å². The molecular formula is C18H19NO3. The predicted octanol–water partition coefficient (Wildman–Crippen LogP) is 3.14. The molecule has 0 saturated carbocycles. The fraction of sp³-hybridized carbons (Fsp3) is 0.278. The number of ether oxygens (including phenoxy) is 1. The quantitative estimate of drug-likeness (QED) is 0.947. The molecule has 4 heteroatoms. The molecule has 0 aromatic heterocycles. The molecule has 0 radical (unpaired) electrons. The van der Waals surface area contributed by atoms with E-state index < -0.39 is 5.60 Å². The van der Waals surface area contributed by atoms with Gasteiger partial charge in [-0.25, -0.2) is 0 Å². The van der Waals surface area contributed by atoms with Crippen LogP contribution >= 0.6 is 0 Å². The van der Waals surface area contributed by atoms with Gasteiger partial charge in [0, 0.05) is 12.6 Å². The van der Waals surface area contributed by atoms with E-state index in [4.69, 9.17) is 4.74 Å². The molecule has 1 N–H and O–H groups in total. The van der Waals surface area contributed by atoms with E-state index in [0.29, 0.717) is 18.0 Å². The van der Waals surface area contributed by atoms with Crippen LogP contribution in [0.25, 0.3) is 0 Å². The molecule has 1 aliphatic heterocycles. The summed E-state index contributed by atoms with van der Waals surface area (Å²) in [6, 6.07) is 14.9. The number of carbonyl (C=O) groups excluding carboxylic acids is 1. The second-order valence-electron chi connectivity index (χ2n) is 5.96. The fourth-order valence-electron chi connectivity index (χ4n) is 2.67. The van der Waals surface area contributed by atoms with E-state index in [0.717, 1.165) is 6.42 Å². The summed E-state index contributed by atoms with van der Waals surface area (Å²) in [4.78, 5) is 14.4. The van der Waals surface area contributed by atoms with Crippen LogP contribution < -0.4 is 9.64 Å². The zero-order valence-electron chi connectivity index (χ0n) is 12.7. The largest absolute Gasteiger partial charge is 0.508 e. The van der Waals surface area contributed by atoms with Crippen LogP contribution in [0, 0.1) is 0 Å². The van der Waals surface area contributed by atoms with Crippen molar-refractivity contribution >= 4 is 11.6 Å². The van der Waals surface area contributed by atoms with E-state index >= 15 is 0 Å². The first-order chi connectivity index (χ1) is 10.5. The zero-order chi connectivity index (χ0) is 15.7. The molecule has 2 aromatic carbocycles. The third kappa shape index (κ3) is 2.64. The van der Waals surface area contributed by atoms with E-state index in [1.165, 1.54) is 5.56 Å². The number of phenolic OH excluding ortho intramolecular Hbond substituents is 1. The van der Waals surface area contributed by atoms with Crippen LogP contribution in [-0.2, 0) is 11.2 Å². The molecule has 3 rings (SSSR count). The maximum Gasteiger partial charge on any atom is 0.270 e. The molecule has 0 fully saturated rings. The van der Waals surface area contributed by atoms with Gasteiger partial charge >= 0.3 is 0 Å². The Kier molecular flexibility index (Phi) is 3.53. The predicted molar refractivity (Wildman–Crippen MR) is 85.3 cm³/mol. The average molecular weight is 297 g/mol. The number of phenols is 1. The number of carbonyl (C=O) groups is 1. The van der Waals surface area contributed by atoms with Gasteiger partial charge in [0.1, 0.15) is 11.5 Å². The van der Waals surface area contributed by atoms with Gasteiger partial charge in [-0.1, -0.05) is 30.3 Å². The van der Waals surface area contributed by atoms with Crippen molar-refractivity contribution in [3.05, 3.63) is 54.1 Å². The van der Waals surface area contributed by atoms with Crippen LogP contribution in [0.3, 0.4) is 0 Å². The topological polar surface area (TPSA) is 49.8 Å². The van der Waals surface area contributed by atoms with Crippen LogP contribution in [0.4, 0.5) is 5.69 Å². The Balaban J connectivity index is 1.90. The molecule has 0 saturated heterocycles. The highest BCUT2D eigenvalue weighted by Crippen LogP contribution is 2.39. The first-order valence-corrected chi connectivity index (χ1v) is 7.35. The highest BCUT2D eigenvalue weighted by Gasteiger charge is 2.40. The average Bonchev–Trinajstić information content (AvgIpc) is 2.48. The lowest BCUT2D eigenvalue weighted by atomic mass is 10.0. The van der Waals surface area contributed by atoms with Gasteiger partial charge in [0.2, 0.25) is 0 Å². The normalized spacial score (nSPS) is 16.1. The summed E-state index contributed by atoms with van der Waals surface area (Å²) in [5.41, 5.74) is 0.954. The van der Waals surface area contributed by atoms with Crippen molar-refractivity contribution in [1.82, 2.24) is 0 Å². The Labute approximate surface area is 130 Å². The van der Waals surface area contributed by atoms with Crippen molar-refractivity contribution in [2.24, 2.45) is 0 Å². The second kappa shape index (κ2) is 5.37. The molecule has 0 bridgehead atoms. The number of anilines is 1. The highest BCUT2D eigenvalue weighted by molar-refractivity contribution is 6.02. The second-order valence-corrected chi connectivity index (χ2v) is 5.96. The van der Waals surface area contributed by atoms with Crippen LogP contribution in [0.1, 0.15) is 19.4 Å². The molecule has 0 unspecified atom stereocenters. The minimum absolute atomic E-state index is 0.0679. The molecule has 1 amide bonds. The first kappa shape index (κ1) is 14.4. The van der Waals surface area contributed by atoms with Gasteiger partial charge in [-0.2, -0.15) is 0 Å². The van der Waals surface area contributed by atoms with Gasteiger partial charge in [-0.05, 0) is 38.0 Å². The van der Waals surface area contributed by atoms with Crippen molar-refractivity contribution < 1.29 is 14.6 Å². The summed E-state index contributed by atoms with van der Waals surface area (Å²) in [5.74, 6) is 0.603. The van der Waals surface area contributed by atoms with E-state index in [9.17, 15) is 9.90 Å².